The Kier molecular flexibility index (Phi) is 18.3. The minimum atomic E-state index is -1.71. The maximum Gasteiger partial charge on any atom is 0.326 e. The van der Waals surface area contributed by atoms with Crippen molar-refractivity contribution in [3.8, 4) is 0 Å². The largest absolute Gasteiger partial charge is 0.480 e. The van der Waals surface area contributed by atoms with Crippen molar-refractivity contribution in [3.05, 3.63) is 90.1 Å². The summed E-state index contributed by atoms with van der Waals surface area (Å²) in [5, 5.41) is 45.1. The molecular weight excluding hydrogens is 855 g/mol. The molecule has 0 radical (unpaired) electrons. The number of aliphatic carboxylic acids is 1. The number of fused-ring (bicyclic) bond motifs is 1. The molecule has 0 aliphatic carbocycles. The molecule has 9 atom stereocenters. The fourth-order valence-electron chi connectivity index (χ4n) is 7.88. The first-order valence-corrected chi connectivity index (χ1v) is 22.0. The molecule has 0 unspecified atom stereocenters. The van der Waals surface area contributed by atoms with Gasteiger partial charge in [-0.2, -0.15) is 0 Å². The van der Waals surface area contributed by atoms with E-state index < -0.39 is 95.9 Å². The number of nitrogens with zero attached hydrogens (tertiary/aromatic N) is 2. The molecule has 5 rings (SSSR count). The quantitative estimate of drug-likeness (QED) is 0.0362. The van der Waals surface area contributed by atoms with Crippen molar-refractivity contribution in [1.82, 2.24) is 46.4 Å². The van der Waals surface area contributed by atoms with Crippen LogP contribution in [0.4, 0.5) is 0 Å². The number of carbonyl (C=O) groups is 7. The number of benzene rings is 2. The SMILES string of the molecule is C[C@@H](O)[C@H](NC(=O)[C@H](Cc1ccccc1)NC(=O)[C@@H](NC(=O)[C@@H]1CCCN1C(=O)[C@@H](N)Cc1cnc[nH]1)[C@@H](C)O)C(=O)N[C@@H](Cc1c[nH]c2ccccc12)C(=O)N[C@@H](CCCCN)C(=O)O. The number of aromatic nitrogens is 3. The maximum absolute atomic E-state index is 14.2. The van der Waals surface area contributed by atoms with Gasteiger partial charge in [0.1, 0.15) is 36.3 Å². The second kappa shape index (κ2) is 24.0. The summed E-state index contributed by atoms with van der Waals surface area (Å²) in [6, 6.07) is 6.34. The molecule has 1 aliphatic rings. The molecule has 1 fully saturated rings. The van der Waals surface area contributed by atoms with E-state index >= 15 is 0 Å². The van der Waals surface area contributed by atoms with Gasteiger partial charge in [0.15, 0.2) is 0 Å². The molecule has 1 saturated heterocycles. The molecule has 66 heavy (non-hydrogen) atoms. The molecule has 2 aromatic heterocycles. The molecule has 4 aromatic rings. The molecule has 0 saturated carbocycles. The topological polar surface area (TPSA) is 340 Å². The van der Waals surface area contributed by atoms with Gasteiger partial charge < -0.3 is 68.2 Å². The number of nitrogens with two attached hydrogens (primary N) is 2. The van der Waals surface area contributed by atoms with Gasteiger partial charge in [-0.25, -0.2) is 9.78 Å². The van der Waals surface area contributed by atoms with Crippen LogP contribution in [0.1, 0.15) is 62.8 Å². The lowest BCUT2D eigenvalue weighted by atomic mass is 10.0. The smallest absolute Gasteiger partial charge is 0.326 e. The second-order valence-corrected chi connectivity index (χ2v) is 16.6. The summed E-state index contributed by atoms with van der Waals surface area (Å²) in [5.41, 5.74) is 14.4. The number of carbonyl (C=O) groups excluding carboxylic acids is 6. The van der Waals surface area contributed by atoms with Gasteiger partial charge in [-0.1, -0.05) is 48.5 Å². The summed E-state index contributed by atoms with van der Waals surface area (Å²) >= 11 is 0. The fourth-order valence-corrected chi connectivity index (χ4v) is 7.88. The maximum atomic E-state index is 14.2. The lowest BCUT2D eigenvalue weighted by molar-refractivity contribution is -0.142. The third-order valence-corrected chi connectivity index (χ3v) is 11.5. The molecule has 1 aliphatic heterocycles. The van der Waals surface area contributed by atoms with Crippen LogP contribution >= 0.6 is 0 Å². The molecule has 2 aromatic carbocycles. The van der Waals surface area contributed by atoms with E-state index in [1.54, 1.807) is 42.6 Å². The van der Waals surface area contributed by atoms with Crippen LogP contribution in [0.5, 0.6) is 0 Å². The Bertz CT molecular complexity index is 2270. The van der Waals surface area contributed by atoms with Gasteiger partial charge in [-0.15, -0.1) is 0 Å². The molecule has 0 spiro atoms. The summed E-state index contributed by atoms with van der Waals surface area (Å²) in [7, 11) is 0. The first kappa shape index (κ1) is 50.3. The van der Waals surface area contributed by atoms with E-state index in [9.17, 15) is 48.9 Å². The number of para-hydroxylation sites is 1. The van der Waals surface area contributed by atoms with E-state index in [0.717, 1.165) is 10.9 Å². The number of nitrogens with one attached hydrogen (secondary N) is 7. The first-order chi connectivity index (χ1) is 31.6. The number of amides is 6. The van der Waals surface area contributed by atoms with E-state index in [-0.39, 0.29) is 38.6 Å². The Labute approximate surface area is 381 Å². The average molecular weight is 916 g/mol. The molecule has 0 bridgehead atoms. The monoisotopic (exact) mass is 915 g/mol. The highest BCUT2D eigenvalue weighted by Crippen LogP contribution is 2.21. The van der Waals surface area contributed by atoms with E-state index in [1.807, 2.05) is 18.2 Å². The molecular formula is C45H61N11O10. The molecule has 356 valence electrons. The molecule has 14 N–H and O–H groups in total. The van der Waals surface area contributed by atoms with Crippen LogP contribution in [0.2, 0.25) is 0 Å². The van der Waals surface area contributed by atoms with Crippen molar-refractivity contribution in [2.24, 2.45) is 11.5 Å². The number of carboxylic acid groups (broad SMARTS) is 1. The van der Waals surface area contributed by atoms with E-state index in [4.69, 9.17) is 11.5 Å². The minimum absolute atomic E-state index is 0.0766. The highest BCUT2D eigenvalue weighted by atomic mass is 16.4. The van der Waals surface area contributed by atoms with Crippen molar-refractivity contribution >= 4 is 52.3 Å². The van der Waals surface area contributed by atoms with Gasteiger partial charge in [-0.05, 0) is 69.7 Å². The summed E-state index contributed by atoms with van der Waals surface area (Å²) in [6.07, 6.45) is 3.26. The van der Waals surface area contributed by atoms with Crippen molar-refractivity contribution in [1.29, 1.82) is 0 Å². The van der Waals surface area contributed by atoms with Crippen LogP contribution < -0.4 is 38.1 Å². The number of aliphatic hydroxyl groups is 2. The number of aliphatic hydroxyl groups excluding tert-OH is 2. The van der Waals surface area contributed by atoms with Gasteiger partial charge >= 0.3 is 5.97 Å². The zero-order valence-electron chi connectivity index (χ0n) is 36.9. The van der Waals surface area contributed by atoms with Crippen LogP contribution in [0, 0.1) is 0 Å². The van der Waals surface area contributed by atoms with Gasteiger partial charge in [0, 0.05) is 54.8 Å². The number of rotatable bonds is 24. The van der Waals surface area contributed by atoms with Gasteiger partial charge in [0.2, 0.25) is 35.4 Å². The highest BCUT2D eigenvalue weighted by molar-refractivity contribution is 5.98. The Balaban J connectivity index is 1.33. The van der Waals surface area contributed by atoms with Crippen LogP contribution in [-0.4, -0.2) is 144 Å². The zero-order valence-corrected chi connectivity index (χ0v) is 36.9. The molecule has 21 nitrogen and oxygen atoms in total. The van der Waals surface area contributed by atoms with Crippen LogP contribution in [0.15, 0.2) is 73.3 Å². The minimum Gasteiger partial charge on any atom is -0.480 e. The molecule has 21 heteroatoms. The standard InChI is InChI=1S/C45H61N11O10/c1-25(57)37(42(62)53-35(20-28-22-49-32-14-7-6-13-30(28)32)39(59)51-33(45(65)66)15-8-9-17-46)54-40(60)34(19-27-11-4-3-5-12-27)52-43(63)38(26(2)58)55-41(61)36-16-10-18-56(36)44(64)31(47)21-29-23-48-24-50-29/h3-7,11-14,22-26,31,33-38,49,57-58H,8-10,15-21,46-47H2,1-2H3,(H,48,50)(H,51,59)(H,52,63)(H,53,62)(H,54,60)(H,55,61)(H,65,66)/t25-,26-,31+,33+,34+,35+,36+,37+,38+/m1/s1. The number of likely N-dealkylation sites (tertiary alicyclic amines) is 1. The Morgan fingerprint density at radius 3 is 2.03 bits per heavy atom. The number of aromatic amines is 2. The summed E-state index contributed by atoms with van der Waals surface area (Å²) in [6.45, 7) is 3.07. The number of unbranched alkanes of at least 4 members (excludes halogenated alkanes) is 1. The highest BCUT2D eigenvalue weighted by Gasteiger charge is 2.40. The third-order valence-electron chi connectivity index (χ3n) is 11.5. The Hall–Kier alpha value is -6.68. The van der Waals surface area contributed by atoms with E-state index in [0.29, 0.717) is 42.6 Å². The van der Waals surface area contributed by atoms with Crippen LogP contribution in [-0.2, 0) is 52.8 Å². The normalized spacial score (nSPS) is 17.3. The zero-order chi connectivity index (χ0) is 47.9. The van der Waals surface area contributed by atoms with Gasteiger partial charge in [0.05, 0.1) is 24.6 Å². The van der Waals surface area contributed by atoms with Crippen LogP contribution in [0.3, 0.4) is 0 Å². The number of imidazole rings is 1. The van der Waals surface area contributed by atoms with Crippen molar-refractivity contribution in [2.75, 3.05) is 13.1 Å². The Morgan fingerprint density at radius 2 is 1.39 bits per heavy atom. The van der Waals surface area contributed by atoms with Crippen molar-refractivity contribution in [3.63, 3.8) is 0 Å². The molecule has 6 amide bonds. The predicted octanol–water partition coefficient (Wildman–Crippen LogP) is -1.36. The summed E-state index contributed by atoms with van der Waals surface area (Å²) in [4.78, 5) is 107. The lowest BCUT2D eigenvalue weighted by Crippen LogP contribution is -2.63. The van der Waals surface area contributed by atoms with Gasteiger partial charge in [0.25, 0.3) is 0 Å². The van der Waals surface area contributed by atoms with Crippen molar-refractivity contribution in [2.45, 2.75) is 120 Å². The van der Waals surface area contributed by atoms with E-state index in [2.05, 4.69) is 41.5 Å². The summed E-state index contributed by atoms with van der Waals surface area (Å²) < 4.78 is 0. The van der Waals surface area contributed by atoms with E-state index in [1.165, 1.54) is 31.3 Å². The first-order valence-electron chi connectivity index (χ1n) is 22.0. The second-order valence-electron chi connectivity index (χ2n) is 16.6. The number of H-pyrrole nitrogens is 2. The Morgan fingerprint density at radius 1 is 0.773 bits per heavy atom. The predicted molar refractivity (Wildman–Crippen MR) is 241 cm³/mol. The van der Waals surface area contributed by atoms with Crippen molar-refractivity contribution < 1.29 is 48.9 Å². The van der Waals surface area contributed by atoms with Crippen LogP contribution in [0.25, 0.3) is 10.9 Å². The lowest BCUT2D eigenvalue weighted by Gasteiger charge is -2.30. The number of carboxylic acids is 1. The molecule has 3 heterocycles. The van der Waals surface area contributed by atoms with Gasteiger partial charge in [-0.3, -0.25) is 28.8 Å². The number of hydrogen-bond donors (Lipinski definition) is 12. The summed E-state index contributed by atoms with van der Waals surface area (Å²) in [5.74, 6) is -6.21. The fraction of sp³-hybridized carbons (Fsp3) is 0.467. The number of hydrogen-bond acceptors (Lipinski definition) is 12. The third kappa shape index (κ3) is 13.7. The average Bonchev–Trinajstić information content (AvgIpc) is 4.09.